The van der Waals surface area contributed by atoms with E-state index in [1.54, 1.807) is 12.3 Å². The molecule has 0 radical (unpaired) electrons. The Morgan fingerprint density at radius 2 is 1.96 bits per heavy atom. The van der Waals surface area contributed by atoms with Gasteiger partial charge >= 0.3 is 5.97 Å². The minimum atomic E-state index is -1.00. The highest BCUT2D eigenvalue weighted by Crippen LogP contribution is 2.25. The van der Waals surface area contributed by atoms with Crippen LogP contribution in [0.5, 0.6) is 5.75 Å². The van der Waals surface area contributed by atoms with Crippen LogP contribution in [-0.4, -0.2) is 38.7 Å². The first-order valence-corrected chi connectivity index (χ1v) is 8.19. The van der Waals surface area contributed by atoms with E-state index in [1.165, 1.54) is 18.3 Å². The van der Waals surface area contributed by atoms with Gasteiger partial charge in [0.2, 0.25) is 5.95 Å². The van der Waals surface area contributed by atoms with Crippen molar-refractivity contribution in [2.45, 2.75) is 12.5 Å². The third-order valence-corrected chi connectivity index (χ3v) is 4.14. The lowest BCUT2D eigenvalue weighted by Crippen LogP contribution is -2.33. The Balaban J connectivity index is 1.54. The molecule has 1 aromatic carbocycles. The van der Waals surface area contributed by atoms with Gasteiger partial charge in [-0.15, -0.1) is 0 Å². The van der Waals surface area contributed by atoms with E-state index >= 15 is 0 Å². The Kier molecular flexibility index (Phi) is 4.18. The number of ether oxygens (including phenoxy) is 1. The molecule has 130 valence electrons. The fourth-order valence-electron chi connectivity index (χ4n) is 2.88. The number of hydrogen-bond acceptors (Lipinski definition) is 6. The number of carboxylic acid groups (broad SMARTS) is 1. The van der Waals surface area contributed by atoms with Gasteiger partial charge in [-0.05, 0) is 36.2 Å². The summed E-state index contributed by atoms with van der Waals surface area (Å²) < 4.78 is 5.77. The van der Waals surface area contributed by atoms with Crippen LogP contribution in [0.15, 0.2) is 54.9 Å². The molecular formula is C19H16N4O3. The van der Waals surface area contributed by atoms with E-state index in [1.807, 2.05) is 24.3 Å². The van der Waals surface area contributed by atoms with Crippen LogP contribution in [-0.2, 0) is 6.42 Å². The summed E-state index contributed by atoms with van der Waals surface area (Å²) in [5, 5.41) is 12.4. The van der Waals surface area contributed by atoms with Crippen molar-refractivity contribution in [2.24, 2.45) is 0 Å². The number of nitrogens with one attached hydrogen (secondary N) is 1. The van der Waals surface area contributed by atoms with Crippen molar-refractivity contribution in [3.63, 3.8) is 0 Å². The average Bonchev–Trinajstić information content (AvgIpc) is 2.68. The van der Waals surface area contributed by atoms with Gasteiger partial charge in [0.05, 0.1) is 23.0 Å². The van der Waals surface area contributed by atoms with E-state index in [0.717, 1.165) is 17.7 Å². The molecule has 26 heavy (non-hydrogen) atoms. The summed E-state index contributed by atoms with van der Waals surface area (Å²) >= 11 is 0. The number of hydrogen-bond donors (Lipinski definition) is 2. The van der Waals surface area contributed by atoms with Gasteiger partial charge in [-0.1, -0.05) is 18.2 Å². The number of nitrogens with zero attached hydrogens (tertiary/aromatic N) is 3. The molecule has 0 saturated heterocycles. The number of para-hydroxylation sites is 1. The molecule has 4 rings (SSSR count). The minimum Gasteiger partial charge on any atom is -0.491 e. The summed E-state index contributed by atoms with van der Waals surface area (Å²) in [5.41, 5.74) is 2.35. The van der Waals surface area contributed by atoms with Crippen molar-refractivity contribution in [3.05, 3.63) is 66.0 Å². The van der Waals surface area contributed by atoms with Gasteiger partial charge in [-0.25, -0.2) is 14.8 Å². The Morgan fingerprint density at radius 3 is 2.85 bits per heavy atom. The van der Waals surface area contributed by atoms with Crippen LogP contribution in [0.25, 0.3) is 11.4 Å². The second-order valence-corrected chi connectivity index (χ2v) is 5.96. The molecule has 1 atom stereocenters. The fraction of sp³-hybridized carbons (Fsp3) is 0.158. The first-order chi connectivity index (χ1) is 12.7. The van der Waals surface area contributed by atoms with Crippen molar-refractivity contribution in [1.29, 1.82) is 0 Å². The van der Waals surface area contributed by atoms with Crippen molar-refractivity contribution >= 4 is 11.9 Å². The second-order valence-electron chi connectivity index (χ2n) is 5.96. The molecule has 0 amide bonds. The molecule has 2 aromatic heterocycles. The molecule has 2 N–H and O–H groups in total. The molecule has 1 aliphatic rings. The summed E-state index contributed by atoms with van der Waals surface area (Å²) in [6, 6.07) is 12.6. The first kappa shape index (κ1) is 16.0. The topological polar surface area (TPSA) is 97.2 Å². The molecule has 0 spiro atoms. The van der Waals surface area contributed by atoms with Crippen LogP contribution in [0.1, 0.15) is 15.9 Å². The average molecular weight is 348 g/mol. The van der Waals surface area contributed by atoms with Crippen LogP contribution < -0.4 is 10.1 Å². The molecule has 3 aromatic rings. The second kappa shape index (κ2) is 6.79. The molecule has 0 aliphatic carbocycles. The SMILES string of the molecule is O=C(O)c1ccnc(-c2ccnc(N[C@H]3COc4ccccc4C3)n2)c1. The van der Waals surface area contributed by atoms with Gasteiger partial charge in [0.1, 0.15) is 12.4 Å². The highest BCUT2D eigenvalue weighted by molar-refractivity contribution is 5.88. The standard InChI is InChI=1S/C19H16N4O3/c24-18(25)13-5-7-20-16(10-13)15-6-8-21-19(23-15)22-14-9-12-3-1-2-4-17(12)26-11-14/h1-8,10,14H,9,11H2,(H,24,25)(H,21,22,23)/t14-/m1/s1. The van der Waals surface area contributed by atoms with Crippen LogP contribution in [0.4, 0.5) is 5.95 Å². The fourth-order valence-corrected chi connectivity index (χ4v) is 2.88. The predicted molar refractivity (Wildman–Crippen MR) is 95.3 cm³/mol. The van der Waals surface area contributed by atoms with E-state index in [2.05, 4.69) is 20.3 Å². The number of anilines is 1. The van der Waals surface area contributed by atoms with Gasteiger partial charge in [0.15, 0.2) is 0 Å². The number of aromatic carboxylic acids is 1. The maximum Gasteiger partial charge on any atom is 0.335 e. The quantitative estimate of drug-likeness (QED) is 0.748. The van der Waals surface area contributed by atoms with Gasteiger partial charge in [0.25, 0.3) is 0 Å². The van der Waals surface area contributed by atoms with E-state index in [0.29, 0.717) is 23.9 Å². The van der Waals surface area contributed by atoms with Gasteiger partial charge in [-0.2, -0.15) is 0 Å². The third kappa shape index (κ3) is 3.32. The van der Waals surface area contributed by atoms with E-state index in [4.69, 9.17) is 9.84 Å². The molecule has 7 nitrogen and oxygen atoms in total. The lowest BCUT2D eigenvalue weighted by atomic mass is 10.0. The third-order valence-electron chi connectivity index (χ3n) is 4.14. The van der Waals surface area contributed by atoms with Gasteiger partial charge < -0.3 is 15.2 Å². The first-order valence-electron chi connectivity index (χ1n) is 8.19. The Morgan fingerprint density at radius 1 is 1.12 bits per heavy atom. The monoisotopic (exact) mass is 348 g/mol. The molecule has 3 heterocycles. The molecule has 0 unspecified atom stereocenters. The maximum absolute atomic E-state index is 11.1. The van der Waals surface area contributed by atoms with Gasteiger partial charge in [-0.3, -0.25) is 4.98 Å². The van der Waals surface area contributed by atoms with Crippen molar-refractivity contribution in [3.8, 4) is 17.1 Å². The Bertz CT molecular complexity index is 961. The number of fused-ring (bicyclic) bond motifs is 1. The van der Waals surface area contributed by atoms with Crippen molar-refractivity contribution in [1.82, 2.24) is 15.0 Å². The largest absolute Gasteiger partial charge is 0.491 e. The van der Waals surface area contributed by atoms with E-state index < -0.39 is 5.97 Å². The Labute approximate surface area is 149 Å². The predicted octanol–water partition coefficient (Wildman–Crippen LogP) is 2.65. The summed E-state index contributed by atoms with van der Waals surface area (Å²) in [5.74, 6) is 0.368. The maximum atomic E-state index is 11.1. The molecular weight excluding hydrogens is 332 g/mol. The molecule has 0 saturated carbocycles. The highest BCUT2D eigenvalue weighted by Gasteiger charge is 2.20. The van der Waals surface area contributed by atoms with Gasteiger partial charge in [0, 0.05) is 12.4 Å². The zero-order valence-corrected chi connectivity index (χ0v) is 13.8. The lowest BCUT2D eigenvalue weighted by Gasteiger charge is -2.26. The van der Waals surface area contributed by atoms with Crippen molar-refractivity contribution in [2.75, 3.05) is 11.9 Å². The lowest BCUT2D eigenvalue weighted by molar-refractivity contribution is 0.0697. The molecule has 1 aliphatic heterocycles. The zero-order chi connectivity index (χ0) is 17.9. The molecule has 0 bridgehead atoms. The van der Waals surface area contributed by atoms with Crippen LogP contribution in [0, 0.1) is 0 Å². The normalized spacial score (nSPS) is 15.6. The zero-order valence-electron chi connectivity index (χ0n) is 13.8. The van der Waals surface area contributed by atoms with Crippen LogP contribution in [0.3, 0.4) is 0 Å². The summed E-state index contributed by atoms with van der Waals surface area (Å²) in [7, 11) is 0. The number of carbonyl (C=O) groups is 1. The molecule has 7 heteroatoms. The number of rotatable bonds is 4. The van der Waals surface area contributed by atoms with Crippen LogP contribution >= 0.6 is 0 Å². The summed E-state index contributed by atoms with van der Waals surface area (Å²) in [6.45, 7) is 0.525. The number of benzene rings is 1. The van der Waals surface area contributed by atoms with Crippen molar-refractivity contribution < 1.29 is 14.6 Å². The Hall–Kier alpha value is -3.48. The number of carboxylic acids is 1. The van der Waals surface area contributed by atoms with Crippen LogP contribution in [0.2, 0.25) is 0 Å². The van der Waals surface area contributed by atoms with E-state index in [9.17, 15) is 4.79 Å². The molecule has 0 fully saturated rings. The van der Waals surface area contributed by atoms with E-state index in [-0.39, 0.29) is 11.6 Å². The highest BCUT2D eigenvalue weighted by atomic mass is 16.5. The minimum absolute atomic E-state index is 0.0541. The summed E-state index contributed by atoms with van der Waals surface area (Å²) in [6.07, 6.45) is 3.90. The smallest absolute Gasteiger partial charge is 0.335 e. The summed E-state index contributed by atoms with van der Waals surface area (Å²) in [4.78, 5) is 24.0. The number of aromatic nitrogens is 3. The number of pyridine rings is 1.